The Hall–Kier alpha value is -3.86. The number of nitrogens with one attached hydrogen (secondary N) is 1. The molecule has 0 saturated carbocycles. The first kappa shape index (κ1) is 26.2. The SMILES string of the molecule is CC(C)CNC(=O)C1COC2(CCN(C(=O)c3cccc([N+](=O)[O-])c3)CC2)N1C(=O)c1ccc(F)cc1. The molecular formula is C26H29FN4O6. The zero-order chi connectivity index (χ0) is 26.7. The first-order valence-corrected chi connectivity index (χ1v) is 12.2. The summed E-state index contributed by atoms with van der Waals surface area (Å²) in [5.74, 6) is -1.43. The van der Waals surface area contributed by atoms with E-state index in [4.69, 9.17) is 4.74 Å². The van der Waals surface area contributed by atoms with Crippen LogP contribution in [0, 0.1) is 21.8 Å². The van der Waals surface area contributed by atoms with Gasteiger partial charge >= 0.3 is 0 Å². The van der Waals surface area contributed by atoms with Gasteiger partial charge in [0.2, 0.25) is 5.91 Å². The molecule has 2 aliphatic rings. The van der Waals surface area contributed by atoms with Crippen molar-refractivity contribution in [3.63, 3.8) is 0 Å². The number of nitro groups is 1. The van der Waals surface area contributed by atoms with Gasteiger partial charge in [0.1, 0.15) is 17.6 Å². The number of carbonyl (C=O) groups excluding carboxylic acids is 3. The molecule has 0 aromatic heterocycles. The molecule has 4 rings (SSSR count). The van der Waals surface area contributed by atoms with Gasteiger partial charge in [-0.1, -0.05) is 19.9 Å². The molecule has 2 saturated heterocycles. The monoisotopic (exact) mass is 512 g/mol. The molecule has 2 aromatic carbocycles. The van der Waals surface area contributed by atoms with E-state index >= 15 is 0 Å². The molecular weight excluding hydrogens is 483 g/mol. The molecule has 37 heavy (non-hydrogen) atoms. The topological polar surface area (TPSA) is 122 Å². The number of halogens is 1. The van der Waals surface area contributed by atoms with Crippen LogP contribution >= 0.6 is 0 Å². The van der Waals surface area contributed by atoms with Crippen molar-refractivity contribution in [2.45, 2.75) is 38.5 Å². The van der Waals surface area contributed by atoms with Crippen molar-refractivity contribution in [2.75, 3.05) is 26.2 Å². The lowest BCUT2D eigenvalue weighted by atomic mass is 9.96. The molecule has 1 unspecified atom stereocenters. The van der Waals surface area contributed by atoms with E-state index in [1.165, 1.54) is 53.4 Å². The Bertz CT molecular complexity index is 1190. The van der Waals surface area contributed by atoms with Gasteiger partial charge in [0, 0.05) is 55.7 Å². The highest BCUT2D eigenvalue weighted by atomic mass is 19.1. The van der Waals surface area contributed by atoms with Gasteiger partial charge in [-0.25, -0.2) is 4.39 Å². The molecule has 2 aromatic rings. The molecule has 2 fully saturated rings. The van der Waals surface area contributed by atoms with Crippen LogP contribution in [0.5, 0.6) is 0 Å². The highest BCUT2D eigenvalue weighted by Gasteiger charge is 2.54. The summed E-state index contributed by atoms with van der Waals surface area (Å²) in [4.78, 5) is 53.3. The van der Waals surface area contributed by atoms with Crippen molar-refractivity contribution >= 4 is 23.4 Å². The first-order chi connectivity index (χ1) is 17.6. The number of nitrogens with zero attached hydrogens (tertiary/aromatic N) is 3. The van der Waals surface area contributed by atoms with E-state index in [0.717, 1.165) is 0 Å². The maximum Gasteiger partial charge on any atom is 0.270 e. The third-order valence-corrected chi connectivity index (χ3v) is 6.69. The molecule has 11 heteroatoms. The van der Waals surface area contributed by atoms with Gasteiger partial charge in [0.25, 0.3) is 17.5 Å². The number of amides is 3. The van der Waals surface area contributed by atoms with Crippen LogP contribution in [-0.2, 0) is 9.53 Å². The van der Waals surface area contributed by atoms with Crippen molar-refractivity contribution in [1.82, 2.24) is 15.1 Å². The third-order valence-electron chi connectivity index (χ3n) is 6.69. The largest absolute Gasteiger partial charge is 0.354 e. The van der Waals surface area contributed by atoms with Gasteiger partial charge in [-0.05, 0) is 36.2 Å². The molecule has 0 radical (unpaired) electrons. The number of carbonyl (C=O) groups is 3. The predicted octanol–water partition coefficient (Wildman–Crippen LogP) is 2.98. The maximum absolute atomic E-state index is 13.6. The van der Waals surface area contributed by atoms with Crippen LogP contribution in [0.1, 0.15) is 47.4 Å². The van der Waals surface area contributed by atoms with Crippen molar-refractivity contribution in [1.29, 1.82) is 0 Å². The van der Waals surface area contributed by atoms with Crippen LogP contribution in [-0.4, -0.2) is 70.5 Å². The van der Waals surface area contributed by atoms with E-state index < -0.39 is 28.4 Å². The van der Waals surface area contributed by atoms with Gasteiger partial charge in [-0.15, -0.1) is 0 Å². The van der Waals surface area contributed by atoms with Gasteiger partial charge in [-0.2, -0.15) is 0 Å². The standard InChI is InChI=1S/C26H29FN4O6/c1-17(2)15-28-23(32)22-16-37-26(30(22)25(34)18-6-8-20(27)9-7-18)10-12-29(13-11-26)24(33)19-4-3-5-21(14-19)31(35)36/h3-9,14,17,22H,10-13,15-16H2,1-2H3,(H,28,32). The lowest BCUT2D eigenvalue weighted by Gasteiger charge is -2.44. The summed E-state index contributed by atoms with van der Waals surface area (Å²) in [7, 11) is 0. The zero-order valence-electron chi connectivity index (χ0n) is 20.7. The number of non-ortho nitro benzene ring substituents is 1. The van der Waals surface area contributed by atoms with E-state index in [-0.39, 0.29) is 67.1 Å². The number of hydrogen-bond donors (Lipinski definition) is 1. The van der Waals surface area contributed by atoms with E-state index in [9.17, 15) is 28.9 Å². The number of ether oxygens (including phenoxy) is 1. The second-order valence-electron chi connectivity index (χ2n) is 9.69. The molecule has 0 bridgehead atoms. The second kappa shape index (κ2) is 10.6. The molecule has 196 valence electrons. The molecule has 2 heterocycles. The summed E-state index contributed by atoms with van der Waals surface area (Å²) in [5.41, 5.74) is -0.874. The minimum absolute atomic E-state index is 0.00428. The Morgan fingerprint density at radius 3 is 2.41 bits per heavy atom. The minimum atomic E-state index is -1.12. The van der Waals surface area contributed by atoms with E-state index in [1.807, 2.05) is 13.8 Å². The second-order valence-corrected chi connectivity index (χ2v) is 9.69. The molecule has 3 amide bonds. The van der Waals surface area contributed by atoms with E-state index in [2.05, 4.69) is 5.32 Å². The zero-order valence-corrected chi connectivity index (χ0v) is 20.7. The van der Waals surface area contributed by atoms with Gasteiger partial charge in [0.15, 0.2) is 0 Å². The number of piperidine rings is 1. The van der Waals surface area contributed by atoms with Crippen LogP contribution in [0.4, 0.5) is 10.1 Å². The Balaban J connectivity index is 1.56. The van der Waals surface area contributed by atoms with Gasteiger partial charge in [-0.3, -0.25) is 29.4 Å². The normalized spacial score (nSPS) is 18.8. The molecule has 0 aliphatic carbocycles. The Morgan fingerprint density at radius 2 is 1.78 bits per heavy atom. The van der Waals surface area contributed by atoms with Crippen molar-refractivity contribution in [3.8, 4) is 0 Å². The van der Waals surface area contributed by atoms with Crippen LogP contribution in [0.2, 0.25) is 0 Å². The van der Waals surface area contributed by atoms with Crippen LogP contribution in [0.25, 0.3) is 0 Å². The lowest BCUT2D eigenvalue weighted by Crippen LogP contribution is -2.60. The molecule has 10 nitrogen and oxygen atoms in total. The summed E-state index contributed by atoms with van der Waals surface area (Å²) in [5, 5.41) is 14.0. The van der Waals surface area contributed by atoms with E-state index in [0.29, 0.717) is 6.54 Å². The first-order valence-electron chi connectivity index (χ1n) is 12.2. The van der Waals surface area contributed by atoms with Crippen LogP contribution in [0.3, 0.4) is 0 Å². The number of nitro benzene ring substituents is 1. The minimum Gasteiger partial charge on any atom is -0.354 e. The average molecular weight is 513 g/mol. The van der Waals surface area contributed by atoms with E-state index in [1.54, 1.807) is 4.90 Å². The fourth-order valence-electron chi connectivity index (χ4n) is 4.72. The molecule has 1 atom stereocenters. The van der Waals surface area contributed by atoms with Crippen molar-refractivity contribution in [2.24, 2.45) is 5.92 Å². The molecule has 1 N–H and O–H groups in total. The number of rotatable bonds is 6. The van der Waals surface area contributed by atoms with Crippen molar-refractivity contribution < 1.29 is 28.4 Å². The predicted molar refractivity (Wildman–Crippen MR) is 131 cm³/mol. The summed E-state index contributed by atoms with van der Waals surface area (Å²) in [6, 6.07) is 9.76. The Kier molecular flexibility index (Phi) is 7.53. The van der Waals surface area contributed by atoms with Crippen molar-refractivity contribution in [3.05, 3.63) is 75.6 Å². The summed E-state index contributed by atoms with van der Waals surface area (Å²) < 4.78 is 19.6. The molecule has 2 aliphatic heterocycles. The van der Waals surface area contributed by atoms with Crippen LogP contribution < -0.4 is 5.32 Å². The quantitative estimate of drug-likeness (QED) is 0.469. The summed E-state index contributed by atoms with van der Waals surface area (Å²) in [6.45, 7) is 4.79. The van der Waals surface area contributed by atoms with Crippen LogP contribution in [0.15, 0.2) is 48.5 Å². The highest BCUT2D eigenvalue weighted by molar-refractivity contribution is 5.98. The smallest absolute Gasteiger partial charge is 0.270 e. The summed E-state index contributed by atoms with van der Waals surface area (Å²) >= 11 is 0. The Labute approximate surface area is 213 Å². The highest BCUT2D eigenvalue weighted by Crippen LogP contribution is 2.39. The third kappa shape index (κ3) is 5.46. The number of likely N-dealkylation sites (tertiary alicyclic amines) is 1. The van der Waals surface area contributed by atoms with Gasteiger partial charge < -0.3 is 15.0 Å². The molecule has 1 spiro atoms. The van der Waals surface area contributed by atoms with Gasteiger partial charge in [0.05, 0.1) is 11.5 Å². The number of hydrogen-bond acceptors (Lipinski definition) is 6. The average Bonchev–Trinajstić information content (AvgIpc) is 3.25. The summed E-state index contributed by atoms with van der Waals surface area (Å²) in [6.07, 6.45) is 0.489. The lowest BCUT2D eigenvalue weighted by molar-refractivity contribution is -0.384. The Morgan fingerprint density at radius 1 is 1.11 bits per heavy atom. The maximum atomic E-state index is 13.6. The fourth-order valence-corrected chi connectivity index (χ4v) is 4.72. The number of benzene rings is 2. The fraction of sp³-hybridized carbons (Fsp3) is 0.423.